The molecular weight excluding hydrogens is 775 g/mol. The Morgan fingerprint density at radius 1 is 0.397 bits per heavy atom. The monoisotopic (exact) mass is 888 g/mol. The molecule has 0 aromatic heterocycles. The van der Waals surface area contributed by atoms with Crippen LogP contribution in [0, 0.1) is 0 Å². The molecule has 5 nitrogen and oxygen atoms in total. The number of aliphatic hydroxyl groups is 3. The second-order valence-corrected chi connectivity index (χ2v) is 19.9. The standard InChI is InChI=1S/C58H113NO4/c1-3-5-7-9-11-13-15-16-17-18-19-20-21-22-23-24-25-26-27-28-29-30-31-32-33-34-35-36-37-38-39-40-42-43-45-47-49-51-55(61)53-58(63)59-56(54-60)57(62)52-50-48-46-44-41-14-12-10-8-6-4-2/h28-29,50,52,55-57,60-62H,3-27,30-49,51,53-54H2,1-2H3,(H,59,63)/b29-28-,52-50+. The molecule has 4 N–H and O–H groups in total. The van der Waals surface area contributed by atoms with E-state index in [1.54, 1.807) is 6.08 Å². The van der Waals surface area contributed by atoms with Crippen molar-refractivity contribution in [2.75, 3.05) is 6.61 Å². The van der Waals surface area contributed by atoms with Crippen LogP contribution in [-0.2, 0) is 4.79 Å². The van der Waals surface area contributed by atoms with Gasteiger partial charge >= 0.3 is 0 Å². The maximum Gasteiger partial charge on any atom is 0.222 e. The maximum absolute atomic E-state index is 12.5. The van der Waals surface area contributed by atoms with Crippen molar-refractivity contribution in [3.63, 3.8) is 0 Å². The highest BCUT2D eigenvalue weighted by Gasteiger charge is 2.20. The van der Waals surface area contributed by atoms with Gasteiger partial charge in [0.05, 0.1) is 31.3 Å². The summed E-state index contributed by atoms with van der Waals surface area (Å²) in [6.07, 6.45) is 68.3. The highest BCUT2D eigenvalue weighted by molar-refractivity contribution is 5.76. The molecule has 0 heterocycles. The van der Waals surface area contributed by atoms with E-state index in [9.17, 15) is 20.1 Å². The van der Waals surface area contributed by atoms with Gasteiger partial charge in [0.15, 0.2) is 0 Å². The maximum atomic E-state index is 12.5. The average Bonchev–Trinajstić information content (AvgIpc) is 3.28. The summed E-state index contributed by atoms with van der Waals surface area (Å²) in [7, 11) is 0. The van der Waals surface area contributed by atoms with Gasteiger partial charge in [-0.2, -0.15) is 0 Å². The smallest absolute Gasteiger partial charge is 0.222 e. The second-order valence-electron chi connectivity index (χ2n) is 19.9. The molecule has 0 aliphatic heterocycles. The molecular formula is C58H113NO4. The zero-order valence-corrected chi connectivity index (χ0v) is 42.7. The van der Waals surface area contributed by atoms with Crippen molar-refractivity contribution in [2.45, 2.75) is 334 Å². The third-order valence-corrected chi connectivity index (χ3v) is 13.5. The highest BCUT2D eigenvalue weighted by atomic mass is 16.3. The van der Waals surface area contributed by atoms with Crippen LogP contribution in [0.5, 0.6) is 0 Å². The molecule has 0 bridgehead atoms. The van der Waals surface area contributed by atoms with E-state index in [1.165, 1.54) is 263 Å². The first-order chi connectivity index (χ1) is 31.0. The van der Waals surface area contributed by atoms with Crippen LogP contribution in [0.3, 0.4) is 0 Å². The molecule has 5 heteroatoms. The van der Waals surface area contributed by atoms with Gasteiger partial charge in [-0.1, -0.05) is 289 Å². The van der Waals surface area contributed by atoms with E-state index in [4.69, 9.17) is 0 Å². The molecule has 3 atom stereocenters. The molecule has 1 amide bonds. The summed E-state index contributed by atoms with van der Waals surface area (Å²) in [5.74, 6) is -0.313. The SMILES string of the molecule is CCCCCCCCCCC/C=C/C(O)C(CO)NC(=O)CC(O)CCCCCCCCCCCCCCCCC/C=C\CCCCCCCCCCCCCCCCCCCC. The Bertz CT molecular complexity index is 936. The van der Waals surface area contributed by atoms with Crippen LogP contribution in [0.2, 0.25) is 0 Å². The molecule has 0 rings (SSSR count). The molecule has 3 unspecified atom stereocenters. The van der Waals surface area contributed by atoms with Crippen molar-refractivity contribution >= 4 is 5.91 Å². The molecule has 0 spiro atoms. The van der Waals surface area contributed by atoms with Crippen molar-refractivity contribution in [1.82, 2.24) is 5.32 Å². The summed E-state index contributed by atoms with van der Waals surface area (Å²) in [6, 6.07) is -0.741. The lowest BCUT2D eigenvalue weighted by molar-refractivity contribution is -0.124. The number of hydrogen-bond acceptors (Lipinski definition) is 4. The minimum absolute atomic E-state index is 0.0165. The normalized spacial score (nSPS) is 13.4. The first-order valence-corrected chi connectivity index (χ1v) is 28.6. The zero-order chi connectivity index (χ0) is 45.8. The van der Waals surface area contributed by atoms with Gasteiger partial charge in [-0.15, -0.1) is 0 Å². The molecule has 63 heavy (non-hydrogen) atoms. The Hall–Kier alpha value is -1.17. The summed E-state index contributed by atoms with van der Waals surface area (Å²) >= 11 is 0. The number of rotatable bonds is 53. The molecule has 0 aromatic rings. The predicted octanol–water partition coefficient (Wildman–Crippen LogP) is 17.7. The first-order valence-electron chi connectivity index (χ1n) is 28.6. The van der Waals surface area contributed by atoms with E-state index in [2.05, 4.69) is 31.3 Å². The Balaban J connectivity index is 3.43. The lowest BCUT2D eigenvalue weighted by atomic mass is 10.0. The van der Waals surface area contributed by atoms with Gasteiger partial charge in [-0.05, 0) is 44.9 Å². The molecule has 0 saturated heterocycles. The molecule has 0 aliphatic rings. The number of carbonyl (C=O) groups excluding carboxylic acids is 1. The number of nitrogens with one attached hydrogen (secondary N) is 1. The third-order valence-electron chi connectivity index (χ3n) is 13.5. The van der Waals surface area contributed by atoms with Gasteiger partial charge in [0.25, 0.3) is 0 Å². The molecule has 0 radical (unpaired) electrons. The summed E-state index contributed by atoms with van der Waals surface area (Å²) < 4.78 is 0. The van der Waals surface area contributed by atoms with Crippen molar-refractivity contribution in [1.29, 1.82) is 0 Å². The fraction of sp³-hybridized carbons (Fsp3) is 0.914. The van der Waals surface area contributed by atoms with Crippen molar-refractivity contribution < 1.29 is 20.1 Å². The Morgan fingerprint density at radius 2 is 0.667 bits per heavy atom. The van der Waals surface area contributed by atoms with Crippen molar-refractivity contribution in [3.05, 3.63) is 24.3 Å². The van der Waals surface area contributed by atoms with E-state index in [1.807, 2.05) is 6.08 Å². The number of aliphatic hydroxyl groups excluding tert-OH is 3. The molecule has 0 aromatic carbocycles. The van der Waals surface area contributed by atoms with E-state index in [0.29, 0.717) is 6.42 Å². The van der Waals surface area contributed by atoms with Gasteiger partial charge in [0, 0.05) is 0 Å². The zero-order valence-electron chi connectivity index (χ0n) is 42.7. The average molecular weight is 889 g/mol. The summed E-state index contributed by atoms with van der Waals surface area (Å²) in [6.45, 7) is 4.22. The van der Waals surface area contributed by atoms with Gasteiger partial charge in [-0.25, -0.2) is 0 Å². The summed E-state index contributed by atoms with van der Waals surface area (Å²) in [5.41, 5.74) is 0. The molecule has 374 valence electrons. The van der Waals surface area contributed by atoms with Gasteiger partial charge in [-0.3, -0.25) is 4.79 Å². The van der Waals surface area contributed by atoms with Crippen LogP contribution in [0.4, 0.5) is 0 Å². The minimum atomic E-state index is -0.926. The Morgan fingerprint density at radius 3 is 0.968 bits per heavy atom. The van der Waals surface area contributed by atoms with Crippen LogP contribution in [0.15, 0.2) is 24.3 Å². The number of unbranched alkanes of at least 4 members (excludes halogenated alkanes) is 42. The number of allylic oxidation sites excluding steroid dienone is 3. The first kappa shape index (κ1) is 61.8. The topological polar surface area (TPSA) is 89.8 Å². The van der Waals surface area contributed by atoms with Gasteiger partial charge < -0.3 is 20.6 Å². The third kappa shape index (κ3) is 50.1. The number of amides is 1. The summed E-state index contributed by atoms with van der Waals surface area (Å²) in [4.78, 5) is 12.5. The van der Waals surface area contributed by atoms with Gasteiger partial charge in [0.1, 0.15) is 0 Å². The van der Waals surface area contributed by atoms with Crippen LogP contribution in [0.25, 0.3) is 0 Å². The van der Waals surface area contributed by atoms with Crippen molar-refractivity contribution in [2.24, 2.45) is 0 Å². The molecule has 0 aliphatic carbocycles. The second kappa shape index (κ2) is 53.4. The van der Waals surface area contributed by atoms with Gasteiger partial charge in [0.2, 0.25) is 5.91 Å². The molecule has 0 fully saturated rings. The van der Waals surface area contributed by atoms with Crippen LogP contribution in [0.1, 0.15) is 316 Å². The van der Waals surface area contributed by atoms with Crippen LogP contribution < -0.4 is 5.32 Å². The lowest BCUT2D eigenvalue weighted by Crippen LogP contribution is -2.45. The van der Waals surface area contributed by atoms with E-state index < -0.39 is 18.2 Å². The minimum Gasteiger partial charge on any atom is -0.394 e. The number of hydrogen-bond donors (Lipinski definition) is 4. The lowest BCUT2D eigenvalue weighted by Gasteiger charge is -2.21. The quantitative estimate of drug-likeness (QED) is 0.0362. The molecule has 0 saturated carbocycles. The Kier molecular flexibility index (Phi) is 52.5. The van der Waals surface area contributed by atoms with Crippen LogP contribution in [-0.4, -0.2) is 46.1 Å². The number of carbonyl (C=O) groups is 1. The highest BCUT2D eigenvalue weighted by Crippen LogP contribution is 2.18. The van der Waals surface area contributed by atoms with E-state index in [-0.39, 0.29) is 18.9 Å². The van der Waals surface area contributed by atoms with E-state index in [0.717, 1.165) is 25.7 Å². The fourth-order valence-corrected chi connectivity index (χ4v) is 9.10. The van der Waals surface area contributed by atoms with E-state index >= 15 is 0 Å². The Labute approximate surface area is 394 Å². The summed E-state index contributed by atoms with van der Waals surface area (Å²) in [5, 5.41) is 33.3. The predicted molar refractivity (Wildman–Crippen MR) is 278 cm³/mol. The fourth-order valence-electron chi connectivity index (χ4n) is 9.10. The van der Waals surface area contributed by atoms with Crippen LogP contribution >= 0.6 is 0 Å². The van der Waals surface area contributed by atoms with Crippen molar-refractivity contribution in [3.8, 4) is 0 Å². The largest absolute Gasteiger partial charge is 0.394 e.